The van der Waals surface area contributed by atoms with Crippen molar-refractivity contribution in [3.05, 3.63) is 53.1 Å². The predicted octanol–water partition coefficient (Wildman–Crippen LogP) is 3.70. The van der Waals surface area contributed by atoms with Crippen LogP contribution in [-0.2, 0) is 10.2 Å². The van der Waals surface area contributed by atoms with Gasteiger partial charge in [-0.1, -0.05) is 12.1 Å². The molecule has 2 aromatic carbocycles. The van der Waals surface area contributed by atoms with Crippen molar-refractivity contribution < 1.29 is 14.3 Å². The van der Waals surface area contributed by atoms with E-state index in [1.165, 1.54) is 11.1 Å². The summed E-state index contributed by atoms with van der Waals surface area (Å²) in [5.41, 5.74) is 3.82. The Morgan fingerprint density at radius 3 is 2.52 bits per heavy atom. The zero-order valence-electron chi connectivity index (χ0n) is 13.3. The minimum Gasteiger partial charge on any atom is -0.454 e. The van der Waals surface area contributed by atoms with E-state index in [-0.39, 0.29) is 12.7 Å². The maximum atomic E-state index is 12.8. The van der Waals surface area contributed by atoms with Crippen molar-refractivity contribution in [2.45, 2.75) is 32.1 Å². The summed E-state index contributed by atoms with van der Waals surface area (Å²) < 4.78 is 10.8. The number of ether oxygens (including phenoxy) is 2. The molecule has 0 unspecified atom stereocenters. The predicted molar refractivity (Wildman–Crippen MR) is 88.0 cm³/mol. The molecule has 1 fully saturated rings. The minimum atomic E-state index is -0.431. The van der Waals surface area contributed by atoms with Gasteiger partial charge in [-0.25, -0.2) is 0 Å². The number of amides is 1. The van der Waals surface area contributed by atoms with E-state index in [1.54, 1.807) is 0 Å². The zero-order valence-corrected chi connectivity index (χ0v) is 13.3. The number of nitrogens with one attached hydrogen (secondary N) is 1. The molecule has 1 aliphatic heterocycles. The quantitative estimate of drug-likeness (QED) is 0.940. The Kier molecular flexibility index (Phi) is 3.08. The lowest BCUT2D eigenvalue weighted by atomic mass is 9.94. The van der Waals surface area contributed by atoms with Gasteiger partial charge < -0.3 is 14.8 Å². The fourth-order valence-electron chi connectivity index (χ4n) is 3.04. The van der Waals surface area contributed by atoms with E-state index < -0.39 is 5.41 Å². The largest absolute Gasteiger partial charge is 0.454 e. The molecule has 4 rings (SSSR count). The molecule has 1 heterocycles. The number of hydrogen-bond acceptors (Lipinski definition) is 3. The van der Waals surface area contributed by atoms with Gasteiger partial charge in [0.05, 0.1) is 5.41 Å². The van der Waals surface area contributed by atoms with Crippen molar-refractivity contribution >= 4 is 11.6 Å². The van der Waals surface area contributed by atoms with Crippen LogP contribution in [0, 0.1) is 13.8 Å². The van der Waals surface area contributed by atoms with Crippen LogP contribution in [0.4, 0.5) is 5.69 Å². The first-order valence-electron chi connectivity index (χ1n) is 7.87. The number of aryl methyl sites for hydroxylation is 2. The molecule has 4 heteroatoms. The third kappa shape index (κ3) is 2.34. The number of hydrogen-bond donors (Lipinski definition) is 1. The van der Waals surface area contributed by atoms with Crippen LogP contribution in [-0.4, -0.2) is 12.7 Å². The van der Waals surface area contributed by atoms with E-state index in [0.29, 0.717) is 0 Å². The highest BCUT2D eigenvalue weighted by Gasteiger charge is 2.51. The van der Waals surface area contributed by atoms with Crippen LogP contribution < -0.4 is 14.8 Å². The lowest BCUT2D eigenvalue weighted by molar-refractivity contribution is -0.118. The van der Waals surface area contributed by atoms with Gasteiger partial charge in [0.1, 0.15) is 0 Å². The Morgan fingerprint density at radius 2 is 1.78 bits per heavy atom. The second-order valence-corrected chi connectivity index (χ2v) is 6.40. The van der Waals surface area contributed by atoms with Crippen LogP contribution in [0.25, 0.3) is 0 Å². The van der Waals surface area contributed by atoms with E-state index in [0.717, 1.165) is 35.6 Å². The van der Waals surface area contributed by atoms with Gasteiger partial charge >= 0.3 is 0 Å². The van der Waals surface area contributed by atoms with Crippen LogP contribution in [0.1, 0.15) is 29.5 Å². The molecule has 0 spiro atoms. The van der Waals surface area contributed by atoms with E-state index in [1.807, 2.05) is 36.4 Å². The fraction of sp³-hybridized carbons (Fsp3) is 0.316. The molecule has 1 aliphatic carbocycles. The average Bonchev–Trinajstić information content (AvgIpc) is 3.22. The molecule has 1 amide bonds. The first kappa shape index (κ1) is 14.1. The van der Waals surface area contributed by atoms with Crippen molar-refractivity contribution in [3.63, 3.8) is 0 Å². The molecule has 2 aromatic rings. The molecule has 1 N–H and O–H groups in total. The van der Waals surface area contributed by atoms with Gasteiger partial charge in [0.2, 0.25) is 12.7 Å². The normalized spacial score (nSPS) is 17.0. The Bertz CT molecular complexity index is 793. The fourth-order valence-corrected chi connectivity index (χ4v) is 3.04. The topological polar surface area (TPSA) is 47.6 Å². The standard InChI is InChI=1S/C19H19NO3/c1-12-3-5-15(9-13(12)2)20-18(21)19(7-8-19)14-4-6-16-17(10-14)23-11-22-16/h3-6,9-10H,7-8,11H2,1-2H3,(H,20,21). The van der Waals surface area contributed by atoms with Gasteiger partial charge in [-0.2, -0.15) is 0 Å². The van der Waals surface area contributed by atoms with E-state index in [4.69, 9.17) is 9.47 Å². The summed E-state index contributed by atoms with van der Waals surface area (Å²) >= 11 is 0. The highest BCUT2D eigenvalue weighted by atomic mass is 16.7. The number of rotatable bonds is 3. The summed E-state index contributed by atoms with van der Waals surface area (Å²) in [4.78, 5) is 12.8. The van der Waals surface area contributed by atoms with Crippen LogP contribution >= 0.6 is 0 Å². The molecule has 23 heavy (non-hydrogen) atoms. The van der Waals surface area contributed by atoms with Crippen LogP contribution in [0.5, 0.6) is 11.5 Å². The van der Waals surface area contributed by atoms with Crippen LogP contribution in [0.3, 0.4) is 0 Å². The first-order chi connectivity index (χ1) is 11.1. The second kappa shape index (κ2) is 5.01. The highest BCUT2D eigenvalue weighted by molar-refractivity contribution is 6.01. The third-order valence-corrected chi connectivity index (χ3v) is 4.87. The minimum absolute atomic E-state index is 0.0552. The monoisotopic (exact) mass is 309 g/mol. The molecule has 2 aliphatic rings. The van der Waals surface area contributed by atoms with Crippen molar-refractivity contribution in [1.82, 2.24) is 0 Å². The summed E-state index contributed by atoms with van der Waals surface area (Å²) in [6, 6.07) is 11.8. The van der Waals surface area contributed by atoms with Gasteiger partial charge in [-0.05, 0) is 67.6 Å². The Labute approximate surface area is 135 Å². The number of anilines is 1. The molecule has 0 aromatic heterocycles. The summed E-state index contributed by atoms with van der Waals surface area (Å²) in [6.45, 7) is 4.37. The van der Waals surface area contributed by atoms with Crippen molar-refractivity contribution in [2.24, 2.45) is 0 Å². The first-order valence-corrected chi connectivity index (χ1v) is 7.87. The smallest absolute Gasteiger partial charge is 0.235 e. The Morgan fingerprint density at radius 1 is 1.00 bits per heavy atom. The van der Waals surface area contributed by atoms with Crippen LogP contribution in [0.2, 0.25) is 0 Å². The molecule has 0 bridgehead atoms. The van der Waals surface area contributed by atoms with E-state index in [9.17, 15) is 4.79 Å². The second-order valence-electron chi connectivity index (χ2n) is 6.40. The Balaban J connectivity index is 1.59. The summed E-state index contributed by atoms with van der Waals surface area (Å²) in [6.07, 6.45) is 1.73. The van der Waals surface area contributed by atoms with E-state index >= 15 is 0 Å². The van der Waals surface area contributed by atoms with Gasteiger partial charge in [0.25, 0.3) is 0 Å². The van der Waals surface area contributed by atoms with Gasteiger partial charge in [-0.15, -0.1) is 0 Å². The number of fused-ring (bicyclic) bond motifs is 1. The maximum absolute atomic E-state index is 12.8. The molecule has 0 saturated heterocycles. The number of carbonyl (C=O) groups is 1. The molecular weight excluding hydrogens is 290 g/mol. The summed E-state index contributed by atoms with van der Waals surface area (Å²) in [5, 5.41) is 3.07. The van der Waals surface area contributed by atoms with Crippen molar-refractivity contribution in [3.8, 4) is 11.5 Å². The summed E-state index contributed by atoms with van der Waals surface area (Å²) in [7, 11) is 0. The maximum Gasteiger partial charge on any atom is 0.235 e. The molecule has 4 nitrogen and oxygen atoms in total. The molecule has 0 atom stereocenters. The molecule has 0 radical (unpaired) electrons. The average molecular weight is 309 g/mol. The lowest BCUT2D eigenvalue weighted by Gasteiger charge is -2.17. The number of carbonyl (C=O) groups excluding carboxylic acids is 1. The number of benzene rings is 2. The lowest BCUT2D eigenvalue weighted by Crippen LogP contribution is -2.27. The third-order valence-electron chi connectivity index (χ3n) is 4.87. The molecule has 1 saturated carbocycles. The molecule has 118 valence electrons. The van der Waals surface area contributed by atoms with Gasteiger partial charge in [-0.3, -0.25) is 4.79 Å². The Hall–Kier alpha value is -2.49. The van der Waals surface area contributed by atoms with Crippen molar-refractivity contribution in [2.75, 3.05) is 12.1 Å². The van der Waals surface area contributed by atoms with Crippen LogP contribution in [0.15, 0.2) is 36.4 Å². The van der Waals surface area contributed by atoms with Gasteiger partial charge in [0.15, 0.2) is 11.5 Å². The molecular formula is C19H19NO3. The highest BCUT2D eigenvalue weighted by Crippen LogP contribution is 2.51. The van der Waals surface area contributed by atoms with Gasteiger partial charge in [0, 0.05) is 5.69 Å². The van der Waals surface area contributed by atoms with Crippen molar-refractivity contribution in [1.29, 1.82) is 0 Å². The zero-order chi connectivity index (χ0) is 16.0. The summed E-state index contributed by atoms with van der Waals surface area (Å²) in [5.74, 6) is 1.53. The SMILES string of the molecule is Cc1ccc(NC(=O)C2(c3ccc4c(c3)OCO4)CC2)cc1C. The van der Waals surface area contributed by atoms with E-state index in [2.05, 4.69) is 19.2 Å².